The first-order valence-electron chi connectivity index (χ1n) is 8.94. The molecule has 0 aliphatic heterocycles. The number of carbonyl (C=O) groups excluding carboxylic acids is 1. The molecule has 31 heavy (non-hydrogen) atoms. The molecule has 0 aliphatic rings. The number of anilines is 2. The molecule has 4 rings (SSSR count). The molecule has 156 valence electrons. The van der Waals surface area contributed by atoms with Crippen LogP contribution in [0, 0.1) is 5.82 Å². The van der Waals surface area contributed by atoms with E-state index in [9.17, 15) is 17.6 Å². The zero-order valence-corrected chi connectivity index (χ0v) is 16.6. The van der Waals surface area contributed by atoms with E-state index >= 15 is 0 Å². The Labute approximate surface area is 176 Å². The minimum Gasteiger partial charge on any atom is -0.322 e. The van der Waals surface area contributed by atoms with Gasteiger partial charge in [0.25, 0.3) is 15.9 Å². The fraction of sp³-hybridized carbons (Fsp3) is 0. The molecule has 0 atom stereocenters. The van der Waals surface area contributed by atoms with Crippen molar-refractivity contribution in [1.82, 2.24) is 20.6 Å². The van der Waals surface area contributed by atoms with E-state index in [4.69, 9.17) is 0 Å². The van der Waals surface area contributed by atoms with Crippen molar-refractivity contribution in [2.75, 3.05) is 10.0 Å². The first kappa shape index (κ1) is 20.2. The molecule has 0 bridgehead atoms. The predicted molar refractivity (Wildman–Crippen MR) is 111 cm³/mol. The summed E-state index contributed by atoms with van der Waals surface area (Å²) in [5.41, 5.74) is 1.92. The molecule has 0 saturated heterocycles. The number of carbonyl (C=O) groups is 1. The lowest BCUT2D eigenvalue weighted by atomic mass is 10.1. The molecule has 11 heteroatoms. The average Bonchev–Trinajstić information content (AvgIpc) is 3.30. The number of rotatable bonds is 6. The number of amides is 1. The minimum atomic E-state index is -3.85. The topological polar surface area (TPSA) is 130 Å². The molecule has 0 saturated carbocycles. The van der Waals surface area contributed by atoms with Gasteiger partial charge in [0.1, 0.15) is 5.82 Å². The lowest BCUT2D eigenvalue weighted by molar-refractivity contribution is 0.102. The van der Waals surface area contributed by atoms with Gasteiger partial charge in [0.05, 0.1) is 4.90 Å². The van der Waals surface area contributed by atoms with E-state index in [0.29, 0.717) is 28.3 Å². The Bertz CT molecular complexity index is 1290. The Kier molecular flexibility index (Phi) is 5.41. The monoisotopic (exact) mass is 438 g/mol. The smallest absolute Gasteiger partial charge is 0.261 e. The molecule has 3 aromatic carbocycles. The number of aromatic amines is 1. The fourth-order valence-corrected chi connectivity index (χ4v) is 3.77. The second-order valence-electron chi connectivity index (χ2n) is 6.40. The predicted octanol–water partition coefficient (Wildman–Crippen LogP) is 3.06. The maximum atomic E-state index is 13.0. The molecular formula is C20H15FN6O3S. The Balaban J connectivity index is 1.41. The number of hydrogen-bond acceptors (Lipinski definition) is 6. The number of nitrogens with one attached hydrogen (secondary N) is 3. The lowest BCUT2D eigenvalue weighted by Crippen LogP contribution is -2.14. The largest absolute Gasteiger partial charge is 0.322 e. The van der Waals surface area contributed by atoms with E-state index in [2.05, 4.69) is 30.7 Å². The molecule has 1 aromatic heterocycles. The van der Waals surface area contributed by atoms with E-state index in [1.807, 2.05) is 0 Å². The lowest BCUT2D eigenvalue weighted by Gasteiger charge is -2.10. The van der Waals surface area contributed by atoms with Crippen molar-refractivity contribution in [2.24, 2.45) is 0 Å². The summed E-state index contributed by atoms with van der Waals surface area (Å²) < 4.78 is 40.1. The number of aromatic nitrogens is 4. The summed E-state index contributed by atoms with van der Waals surface area (Å²) in [5.74, 6) is -0.437. The highest BCUT2D eigenvalue weighted by Gasteiger charge is 2.14. The minimum absolute atomic E-state index is 0.0597. The third-order valence-electron chi connectivity index (χ3n) is 4.27. The number of H-pyrrole nitrogens is 1. The zero-order chi connectivity index (χ0) is 21.8. The van der Waals surface area contributed by atoms with Gasteiger partial charge < -0.3 is 5.32 Å². The third-order valence-corrected chi connectivity index (χ3v) is 5.67. The van der Waals surface area contributed by atoms with Crippen LogP contribution in [0.4, 0.5) is 15.8 Å². The molecule has 9 nitrogen and oxygen atoms in total. The Morgan fingerprint density at radius 3 is 2.13 bits per heavy atom. The molecule has 0 aliphatic carbocycles. The second-order valence-corrected chi connectivity index (χ2v) is 8.09. The molecule has 3 N–H and O–H groups in total. The maximum absolute atomic E-state index is 13.0. The van der Waals surface area contributed by atoms with Crippen LogP contribution >= 0.6 is 0 Å². The molecule has 1 heterocycles. The molecule has 0 fully saturated rings. The summed E-state index contributed by atoms with van der Waals surface area (Å²) in [6, 6.07) is 17.3. The third kappa shape index (κ3) is 4.73. The second kappa shape index (κ2) is 8.32. The van der Waals surface area contributed by atoms with Crippen molar-refractivity contribution in [3.8, 4) is 11.4 Å². The van der Waals surface area contributed by atoms with Crippen molar-refractivity contribution >= 4 is 27.3 Å². The van der Waals surface area contributed by atoms with Gasteiger partial charge in [-0.15, -0.1) is 10.2 Å². The van der Waals surface area contributed by atoms with Crippen LogP contribution in [0.5, 0.6) is 0 Å². The SMILES string of the molecule is O=C(Nc1ccc(NS(=O)(=O)c2ccc(F)cc2)cc1)c1ccc(-c2nn[nH]n2)cc1. The van der Waals surface area contributed by atoms with Crippen molar-refractivity contribution < 1.29 is 17.6 Å². The van der Waals surface area contributed by atoms with Crippen LogP contribution in [0.2, 0.25) is 0 Å². The van der Waals surface area contributed by atoms with Crippen molar-refractivity contribution in [1.29, 1.82) is 0 Å². The van der Waals surface area contributed by atoms with Crippen LogP contribution in [0.15, 0.2) is 77.7 Å². The fourth-order valence-electron chi connectivity index (χ4n) is 2.71. The van der Waals surface area contributed by atoms with Crippen LogP contribution in [0.1, 0.15) is 10.4 Å². The molecular weight excluding hydrogens is 423 g/mol. The molecule has 4 aromatic rings. The van der Waals surface area contributed by atoms with Gasteiger partial charge in [-0.3, -0.25) is 9.52 Å². The van der Waals surface area contributed by atoms with Crippen molar-refractivity contribution in [3.63, 3.8) is 0 Å². The van der Waals surface area contributed by atoms with Gasteiger partial charge in [0, 0.05) is 22.5 Å². The number of sulfonamides is 1. The van der Waals surface area contributed by atoms with Gasteiger partial charge in [0.2, 0.25) is 5.82 Å². The summed E-state index contributed by atoms with van der Waals surface area (Å²) in [6.45, 7) is 0. The van der Waals surface area contributed by atoms with Gasteiger partial charge in [-0.25, -0.2) is 12.8 Å². The summed E-state index contributed by atoms with van der Waals surface area (Å²) in [6.07, 6.45) is 0. The Morgan fingerprint density at radius 2 is 1.52 bits per heavy atom. The average molecular weight is 438 g/mol. The van der Waals surface area contributed by atoms with Crippen molar-refractivity contribution in [3.05, 3.63) is 84.2 Å². The Hall–Kier alpha value is -4.12. The van der Waals surface area contributed by atoms with E-state index in [-0.39, 0.29) is 10.8 Å². The zero-order valence-electron chi connectivity index (χ0n) is 15.8. The highest BCUT2D eigenvalue weighted by molar-refractivity contribution is 7.92. The quantitative estimate of drug-likeness (QED) is 0.424. The normalized spacial score (nSPS) is 11.1. The van der Waals surface area contributed by atoms with Gasteiger partial charge in [0.15, 0.2) is 0 Å². The first-order valence-corrected chi connectivity index (χ1v) is 10.4. The molecule has 0 radical (unpaired) electrons. The highest BCUT2D eigenvalue weighted by atomic mass is 32.2. The van der Waals surface area contributed by atoms with Crippen LogP contribution in [0.25, 0.3) is 11.4 Å². The number of nitrogens with zero attached hydrogens (tertiary/aromatic N) is 3. The Morgan fingerprint density at radius 1 is 0.871 bits per heavy atom. The number of benzene rings is 3. The van der Waals surface area contributed by atoms with Crippen LogP contribution in [-0.2, 0) is 10.0 Å². The number of tetrazole rings is 1. The maximum Gasteiger partial charge on any atom is 0.261 e. The summed E-state index contributed by atoms with van der Waals surface area (Å²) in [7, 11) is -3.85. The summed E-state index contributed by atoms with van der Waals surface area (Å²) in [4.78, 5) is 12.4. The molecule has 0 unspecified atom stereocenters. The van der Waals surface area contributed by atoms with Gasteiger partial charge in [-0.05, 0) is 65.9 Å². The van der Waals surface area contributed by atoms with Crippen LogP contribution in [-0.4, -0.2) is 34.9 Å². The van der Waals surface area contributed by atoms with Crippen LogP contribution in [0.3, 0.4) is 0 Å². The number of halogens is 1. The van der Waals surface area contributed by atoms with Crippen LogP contribution < -0.4 is 10.0 Å². The first-order chi connectivity index (χ1) is 14.9. The van der Waals surface area contributed by atoms with E-state index in [0.717, 1.165) is 12.1 Å². The number of hydrogen-bond donors (Lipinski definition) is 3. The van der Waals surface area contributed by atoms with E-state index in [1.165, 1.54) is 24.3 Å². The van der Waals surface area contributed by atoms with E-state index in [1.54, 1.807) is 36.4 Å². The molecule has 0 spiro atoms. The van der Waals surface area contributed by atoms with Gasteiger partial charge >= 0.3 is 0 Å². The van der Waals surface area contributed by atoms with Gasteiger partial charge in [-0.1, -0.05) is 12.1 Å². The highest BCUT2D eigenvalue weighted by Crippen LogP contribution is 2.20. The summed E-state index contributed by atoms with van der Waals surface area (Å²) in [5, 5.41) is 16.3. The van der Waals surface area contributed by atoms with Gasteiger partial charge in [-0.2, -0.15) is 5.21 Å². The summed E-state index contributed by atoms with van der Waals surface area (Å²) >= 11 is 0. The van der Waals surface area contributed by atoms with Crippen molar-refractivity contribution in [2.45, 2.75) is 4.90 Å². The standard InChI is InChI=1S/C20H15FN6O3S/c21-15-5-11-18(12-6-15)31(29,30)25-17-9-7-16(8-10-17)22-20(28)14-3-1-13(2-4-14)19-23-26-27-24-19/h1-12,25H,(H,22,28)(H,23,24,26,27). The van der Waals surface area contributed by atoms with E-state index < -0.39 is 15.8 Å². The molecule has 1 amide bonds.